The van der Waals surface area contributed by atoms with Crippen molar-refractivity contribution in [1.29, 1.82) is 0 Å². The highest BCUT2D eigenvalue weighted by atomic mass is 35.5. The van der Waals surface area contributed by atoms with E-state index >= 15 is 0 Å². The first kappa shape index (κ1) is 31.1. The predicted octanol–water partition coefficient (Wildman–Crippen LogP) is 6.58. The van der Waals surface area contributed by atoms with Crippen LogP contribution in [0.25, 0.3) is 10.9 Å². The lowest BCUT2D eigenvalue weighted by atomic mass is 10.1. The summed E-state index contributed by atoms with van der Waals surface area (Å²) in [5, 5.41) is 13.0. The van der Waals surface area contributed by atoms with Crippen molar-refractivity contribution in [2.45, 2.75) is 6.54 Å². The maximum atomic E-state index is 13.5. The average molecular weight is 659 g/mol. The van der Waals surface area contributed by atoms with Gasteiger partial charge in [0.15, 0.2) is 0 Å². The Hall–Kier alpha value is -4.90. The van der Waals surface area contributed by atoms with Gasteiger partial charge in [-0.1, -0.05) is 53.5 Å². The first-order valence-corrected chi connectivity index (χ1v) is 15.2. The number of nitrogens with one attached hydrogen (secondary N) is 1. The number of hydrogen-bond donors (Lipinski definition) is 2. The molecule has 1 aliphatic heterocycles. The fourth-order valence-corrected chi connectivity index (χ4v) is 5.78. The fraction of sp³-hybridized carbons (Fsp3) is 0.176. The predicted molar refractivity (Wildman–Crippen MR) is 176 cm³/mol. The summed E-state index contributed by atoms with van der Waals surface area (Å²) in [7, 11) is 1.88. The highest BCUT2D eigenvalue weighted by Gasteiger charge is 2.25. The molecule has 0 spiro atoms. The maximum Gasteiger partial charge on any atom is 0.336 e. The van der Waals surface area contributed by atoms with E-state index in [2.05, 4.69) is 27.3 Å². The Bertz CT molecular complexity index is 1940. The molecule has 3 heterocycles. The molecule has 5 aromatic rings. The minimum absolute atomic E-state index is 0.00354. The number of aryl methyl sites for hydroxylation is 1. The Balaban J connectivity index is 1.09. The van der Waals surface area contributed by atoms with E-state index in [0.29, 0.717) is 30.2 Å². The summed E-state index contributed by atoms with van der Waals surface area (Å²) < 4.78 is 7.85. The summed E-state index contributed by atoms with van der Waals surface area (Å²) in [5.41, 5.74) is 2.68. The Labute approximate surface area is 274 Å². The van der Waals surface area contributed by atoms with Crippen LogP contribution in [-0.4, -0.2) is 68.4 Å². The van der Waals surface area contributed by atoms with Gasteiger partial charge in [-0.3, -0.25) is 14.5 Å². The van der Waals surface area contributed by atoms with Crippen LogP contribution in [0.2, 0.25) is 10.0 Å². The van der Waals surface area contributed by atoms with Crippen LogP contribution in [0, 0.1) is 0 Å². The summed E-state index contributed by atoms with van der Waals surface area (Å²) >= 11 is 11.9. The Morgan fingerprint density at radius 1 is 0.891 bits per heavy atom. The van der Waals surface area contributed by atoms with Crippen molar-refractivity contribution in [3.05, 3.63) is 117 Å². The number of piperazine rings is 1. The molecule has 3 aromatic carbocycles. The number of fused-ring (bicyclic) bond motifs is 1. The number of nitrogens with zero attached hydrogens (tertiary/aromatic N) is 4. The lowest BCUT2D eigenvalue weighted by Gasteiger charge is -2.34. The van der Waals surface area contributed by atoms with Gasteiger partial charge in [0, 0.05) is 56.7 Å². The zero-order valence-electron chi connectivity index (χ0n) is 24.7. The van der Waals surface area contributed by atoms with Crippen molar-refractivity contribution in [2.75, 3.05) is 31.5 Å². The molecule has 1 saturated heterocycles. The van der Waals surface area contributed by atoms with Gasteiger partial charge in [-0.25, -0.2) is 9.78 Å². The molecule has 0 atom stereocenters. The molecule has 0 aliphatic carbocycles. The number of anilines is 1. The standard InChI is InChI=1S/C34H29Cl2N5O5/c1-39-29-9-8-24(15-22(29)16-30(39)33(43)41-13-11-40(12-14-41)20-21-5-3-2-4-6-21)46-31-10-7-23(19-37-31)38-32(42)25-17-27(35)28(36)18-26(25)34(44)45/h2-10,15-19H,11-14,20H2,1H3,(H,38,42)(H,44,45). The Kier molecular flexibility index (Phi) is 8.94. The van der Waals surface area contributed by atoms with Gasteiger partial charge in [0.05, 0.1) is 33.1 Å². The van der Waals surface area contributed by atoms with E-state index in [1.165, 1.54) is 17.8 Å². The van der Waals surface area contributed by atoms with Crippen molar-refractivity contribution >= 4 is 57.6 Å². The van der Waals surface area contributed by atoms with E-state index < -0.39 is 11.9 Å². The molecule has 0 unspecified atom stereocenters. The molecule has 6 rings (SSSR count). The SMILES string of the molecule is Cn1c(C(=O)N2CCN(Cc3ccccc3)CC2)cc2cc(Oc3ccc(NC(=O)c4cc(Cl)c(Cl)cc4C(=O)O)cn3)ccc21. The summed E-state index contributed by atoms with van der Waals surface area (Å²) in [6.07, 6.45) is 1.39. The number of hydrogen-bond acceptors (Lipinski definition) is 6. The van der Waals surface area contributed by atoms with E-state index in [0.717, 1.165) is 36.6 Å². The number of carboxylic acids is 1. The van der Waals surface area contributed by atoms with Gasteiger partial charge in [0.25, 0.3) is 11.8 Å². The number of aromatic carboxylic acids is 1. The molecule has 234 valence electrons. The van der Waals surface area contributed by atoms with Gasteiger partial charge < -0.3 is 24.6 Å². The molecule has 10 nitrogen and oxygen atoms in total. The van der Waals surface area contributed by atoms with Gasteiger partial charge in [-0.15, -0.1) is 0 Å². The summed E-state index contributed by atoms with van der Waals surface area (Å²) in [4.78, 5) is 46.4. The van der Waals surface area contributed by atoms with Crippen LogP contribution in [0.5, 0.6) is 11.6 Å². The quantitative estimate of drug-likeness (QED) is 0.194. The monoisotopic (exact) mass is 657 g/mol. The van der Waals surface area contributed by atoms with Gasteiger partial charge >= 0.3 is 5.97 Å². The first-order valence-electron chi connectivity index (χ1n) is 14.5. The smallest absolute Gasteiger partial charge is 0.336 e. The Morgan fingerprint density at radius 2 is 1.61 bits per heavy atom. The number of carbonyl (C=O) groups is 3. The minimum Gasteiger partial charge on any atom is -0.478 e. The molecule has 2 aromatic heterocycles. The number of amides is 2. The number of pyridine rings is 1. The van der Waals surface area contributed by atoms with Crippen molar-refractivity contribution < 1.29 is 24.2 Å². The van der Waals surface area contributed by atoms with Crippen LogP contribution >= 0.6 is 23.2 Å². The first-order chi connectivity index (χ1) is 22.2. The van der Waals surface area contributed by atoms with Crippen LogP contribution in [0.4, 0.5) is 5.69 Å². The zero-order valence-corrected chi connectivity index (χ0v) is 26.3. The fourth-order valence-electron chi connectivity index (χ4n) is 5.45. The molecule has 12 heteroatoms. The third-order valence-corrected chi connectivity index (χ3v) is 8.62. The minimum atomic E-state index is -1.31. The second kappa shape index (κ2) is 13.2. The van der Waals surface area contributed by atoms with Crippen LogP contribution < -0.4 is 10.1 Å². The molecule has 0 saturated carbocycles. The lowest BCUT2D eigenvalue weighted by Crippen LogP contribution is -2.48. The van der Waals surface area contributed by atoms with Gasteiger partial charge in [-0.2, -0.15) is 0 Å². The molecule has 0 radical (unpaired) electrons. The normalized spacial score (nSPS) is 13.5. The van der Waals surface area contributed by atoms with Crippen molar-refractivity contribution in [1.82, 2.24) is 19.4 Å². The summed E-state index contributed by atoms with van der Waals surface area (Å²) in [5.74, 6) is -1.19. The largest absolute Gasteiger partial charge is 0.478 e. The molecule has 0 bridgehead atoms. The molecular formula is C34H29Cl2N5O5. The van der Waals surface area contributed by atoms with E-state index in [4.69, 9.17) is 27.9 Å². The second-order valence-corrected chi connectivity index (χ2v) is 11.7. The van der Waals surface area contributed by atoms with Crippen molar-refractivity contribution in [3.8, 4) is 11.6 Å². The highest BCUT2D eigenvalue weighted by molar-refractivity contribution is 6.42. The van der Waals surface area contributed by atoms with Crippen LogP contribution in [0.15, 0.2) is 85.1 Å². The molecule has 2 amide bonds. The van der Waals surface area contributed by atoms with E-state index in [1.54, 1.807) is 18.2 Å². The number of carbonyl (C=O) groups excluding carboxylic acids is 2. The topological polar surface area (TPSA) is 117 Å². The average Bonchev–Trinajstić information content (AvgIpc) is 3.38. The third kappa shape index (κ3) is 6.69. The molecule has 2 N–H and O–H groups in total. The zero-order chi connectivity index (χ0) is 32.4. The summed E-state index contributed by atoms with van der Waals surface area (Å²) in [6, 6.07) is 23.3. The second-order valence-electron chi connectivity index (χ2n) is 10.9. The van der Waals surface area contributed by atoms with E-state index in [1.807, 2.05) is 52.9 Å². The van der Waals surface area contributed by atoms with Crippen molar-refractivity contribution in [3.63, 3.8) is 0 Å². The molecule has 1 fully saturated rings. The maximum absolute atomic E-state index is 13.5. The summed E-state index contributed by atoms with van der Waals surface area (Å²) in [6.45, 7) is 3.84. The highest BCUT2D eigenvalue weighted by Crippen LogP contribution is 2.29. The number of rotatable bonds is 8. The number of aromatic nitrogens is 2. The molecular weight excluding hydrogens is 629 g/mol. The number of halogens is 2. The Morgan fingerprint density at radius 3 is 2.28 bits per heavy atom. The third-order valence-electron chi connectivity index (χ3n) is 7.89. The van der Waals surface area contributed by atoms with Crippen molar-refractivity contribution in [2.24, 2.45) is 7.05 Å². The van der Waals surface area contributed by atoms with Crippen LogP contribution in [0.3, 0.4) is 0 Å². The number of benzene rings is 3. The van der Waals surface area contributed by atoms with Crippen LogP contribution in [0.1, 0.15) is 36.8 Å². The van der Waals surface area contributed by atoms with E-state index in [9.17, 15) is 19.5 Å². The van der Waals surface area contributed by atoms with Gasteiger partial charge in [0.1, 0.15) is 11.4 Å². The van der Waals surface area contributed by atoms with Gasteiger partial charge in [0.2, 0.25) is 5.88 Å². The molecule has 46 heavy (non-hydrogen) atoms. The number of ether oxygens (including phenoxy) is 1. The number of carboxylic acid groups (broad SMARTS) is 1. The lowest BCUT2D eigenvalue weighted by molar-refractivity contribution is 0.0618. The molecule has 1 aliphatic rings. The van der Waals surface area contributed by atoms with Crippen LogP contribution in [-0.2, 0) is 13.6 Å². The van der Waals surface area contributed by atoms with E-state index in [-0.39, 0.29) is 33.0 Å². The van der Waals surface area contributed by atoms with Gasteiger partial charge in [-0.05, 0) is 48.0 Å².